The molecular weight excluding hydrogens is 408 g/mol. The average molecular weight is 499 g/mol. The lowest BCUT2D eigenvalue weighted by molar-refractivity contribution is 0.886. The molecule has 0 heterocycles. The molecule has 0 saturated carbocycles. The summed E-state index contributed by atoms with van der Waals surface area (Å²) in [6, 6.07) is 0. The molecule has 0 bridgehead atoms. The van der Waals surface area contributed by atoms with Crippen LogP contribution in [0.2, 0.25) is 0 Å². The van der Waals surface area contributed by atoms with Crippen LogP contribution in [0.5, 0.6) is 0 Å². The van der Waals surface area contributed by atoms with Gasteiger partial charge in [0.05, 0.1) is 0 Å². The molecule has 0 atom stereocenters. The highest BCUT2D eigenvalue weighted by Crippen LogP contribution is 1.76. The second-order valence-corrected chi connectivity index (χ2v) is 8.07. The van der Waals surface area contributed by atoms with E-state index in [2.05, 4.69) is 152 Å². The number of hydrogen-bond acceptors (Lipinski definition) is 0. The van der Waals surface area contributed by atoms with Gasteiger partial charge in [-0.1, -0.05) is 229 Å². The fourth-order valence-electron chi connectivity index (χ4n) is 0. The molecule has 0 nitrogen and oxygen atoms in total. The van der Waals surface area contributed by atoms with Gasteiger partial charge in [-0.25, -0.2) is 0 Å². The standard InChI is InChI=1S/C4H10.10C3H8/c1-3-4-2;10*1-3-2/h3-4H2,1-2H3;10*3H2,1-2H3. The Kier molecular flexibility index (Phi) is 483. The van der Waals surface area contributed by atoms with E-state index in [-0.39, 0.29) is 0 Å². The molecule has 0 aliphatic carbocycles. The minimum Gasteiger partial charge on any atom is -0.0656 e. The summed E-state index contributed by atoms with van der Waals surface area (Å²) < 4.78 is 0. The molecule has 0 saturated heterocycles. The molecule has 0 fully saturated rings. The van der Waals surface area contributed by atoms with E-state index >= 15 is 0 Å². The first-order valence-corrected chi connectivity index (χ1v) is 16.1. The van der Waals surface area contributed by atoms with Crippen molar-refractivity contribution in [3.8, 4) is 0 Å². The molecule has 0 heteroatoms. The van der Waals surface area contributed by atoms with Crippen LogP contribution in [0.4, 0.5) is 0 Å². The molecule has 0 spiro atoms. The van der Waals surface area contributed by atoms with Crippen molar-refractivity contribution in [3.63, 3.8) is 0 Å². The molecule has 0 radical (unpaired) electrons. The van der Waals surface area contributed by atoms with Gasteiger partial charge in [-0.3, -0.25) is 0 Å². The largest absolute Gasteiger partial charge is 0.0656 e. The van der Waals surface area contributed by atoms with E-state index in [4.69, 9.17) is 0 Å². The summed E-state index contributed by atoms with van der Waals surface area (Å²) in [4.78, 5) is 0. The molecule has 0 rings (SSSR count). The topological polar surface area (TPSA) is 0 Å². The lowest BCUT2D eigenvalue weighted by Gasteiger charge is -1.68. The van der Waals surface area contributed by atoms with Crippen LogP contribution in [0.25, 0.3) is 0 Å². The summed E-state index contributed by atoms with van der Waals surface area (Å²) in [5.41, 5.74) is 0. The van der Waals surface area contributed by atoms with E-state index in [9.17, 15) is 0 Å². The average Bonchev–Trinajstić information content (AvgIpc) is 2.74. The van der Waals surface area contributed by atoms with Crippen molar-refractivity contribution in [1.29, 1.82) is 0 Å². The zero-order valence-corrected chi connectivity index (χ0v) is 30.5. The van der Waals surface area contributed by atoms with Crippen molar-refractivity contribution in [1.82, 2.24) is 0 Å². The van der Waals surface area contributed by atoms with E-state index in [1.54, 1.807) is 0 Å². The Morgan fingerprint density at radius 1 is 0.147 bits per heavy atom. The van der Waals surface area contributed by atoms with Gasteiger partial charge in [0.2, 0.25) is 0 Å². The molecule has 0 aliphatic rings. The molecular formula is C34H90. The number of unbranched alkanes of at least 4 members (excludes halogenated alkanes) is 1. The minimum atomic E-state index is 1.25. The van der Waals surface area contributed by atoms with Crippen molar-refractivity contribution in [2.24, 2.45) is 0 Å². The predicted octanol–water partition coefficient (Wildman–Crippen LogP) is 16.0. The van der Waals surface area contributed by atoms with E-state index in [0.717, 1.165) is 0 Å². The lowest BCUT2D eigenvalue weighted by atomic mass is 10.4. The molecule has 226 valence electrons. The maximum atomic E-state index is 2.18. The van der Waals surface area contributed by atoms with Crippen LogP contribution in [-0.2, 0) is 0 Å². The van der Waals surface area contributed by atoms with E-state index < -0.39 is 0 Å². The Morgan fingerprint density at radius 2 is 0.176 bits per heavy atom. The van der Waals surface area contributed by atoms with Crippen molar-refractivity contribution in [2.75, 3.05) is 0 Å². The van der Waals surface area contributed by atoms with Gasteiger partial charge < -0.3 is 0 Å². The van der Waals surface area contributed by atoms with Crippen LogP contribution in [0.3, 0.4) is 0 Å². The summed E-state index contributed by atoms with van der Waals surface area (Å²) in [7, 11) is 0. The summed E-state index contributed by atoms with van der Waals surface area (Å²) in [5, 5.41) is 0. The first kappa shape index (κ1) is 70.0. The first-order chi connectivity index (χ1) is 16.1. The highest BCUT2D eigenvalue weighted by molar-refractivity contribution is 4.12. The second-order valence-electron chi connectivity index (χ2n) is 8.07. The monoisotopic (exact) mass is 499 g/mol. The highest BCUT2D eigenvalue weighted by Gasteiger charge is 1.56. The summed E-state index contributed by atoms with van der Waals surface area (Å²) in [6.07, 6.45) is 15.1. The third-order valence-corrected chi connectivity index (χ3v) is 0.500. The first-order valence-electron chi connectivity index (χ1n) is 16.1. The van der Waals surface area contributed by atoms with Crippen molar-refractivity contribution < 1.29 is 0 Å². The molecule has 0 N–H and O–H groups in total. The summed E-state index contributed by atoms with van der Waals surface area (Å²) >= 11 is 0. The predicted molar refractivity (Wildman–Crippen MR) is 180 cm³/mol. The quantitative estimate of drug-likeness (QED) is 0.337. The van der Waals surface area contributed by atoms with Crippen LogP contribution in [0, 0.1) is 0 Å². The Bertz CT molecular complexity index is 50.8. The third-order valence-electron chi connectivity index (χ3n) is 0.500. The number of hydrogen-bond donors (Lipinski definition) is 0. The Morgan fingerprint density at radius 3 is 0.176 bits per heavy atom. The molecule has 0 unspecified atom stereocenters. The molecule has 34 heavy (non-hydrogen) atoms. The van der Waals surface area contributed by atoms with E-state index in [1.807, 2.05) is 0 Å². The molecule has 0 aromatic carbocycles. The smallest absolute Gasteiger partial charge is 0.0564 e. The lowest BCUT2D eigenvalue weighted by Crippen LogP contribution is -1.47. The fraction of sp³-hybridized carbons (Fsp3) is 1.00. The Balaban J connectivity index is -0.0000000190. The third kappa shape index (κ3) is 30800. The summed E-state index contributed by atoms with van der Waals surface area (Å²) in [5.74, 6) is 0. The molecule has 0 aromatic heterocycles. The van der Waals surface area contributed by atoms with E-state index in [1.165, 1.54) is 77.0 Å². The van der Waals surface area contributed by atoms with Crippen LogP contribution in [0.15, 0.2) is 0 Å². The fourth-order valence-corrected chi connectivity index (χ4v) is 0. The van der Waals surface area contributed by atoms with Crippen LogP contribution in [0.1, 0.15) is 229 Å². The van der Waals surface area contributed by atoms with Gasteiger partial charge in [0.15, 0.2) is 0 Å². The van der Waals surface area contributed by atoms with Crippen LogP contribution >= 0.6 is 0 Å². The van der Waals surface area contributed by atoms with Crippen molar-refractivity contribution in [2.45, 2.75) is 229 Å². The maximum Gasteiger partial charge on any atom is -0.0564 e. The molecule has 0 amide bonds. The normalized spacial score (nSPS) is 6.18. The van der Waals surface area contributed by atoms with Gasteiger partial charge in [-0.05, 0) is 0 Å². The van der Waals surface area contributed by atoms with Gasteiger partial charge in [-0.15, -0.1) is 0 Å². The highest BCUT2D eigenvalue weighted by atomic mass is 13.6. The van der Waals surface area contributed by atoms with Gasteiger partial charge in [-0.2, -0.15) is 0 Å². The van der Waals surface area contributed by atoms with Gasteiger partial charge in [0, 0.05) is 0 Å². The van der Waals surface area contributed by atoms with Crippen molar-refractivity contribution >= 4 is 0 Å². The SMILES string of the molecule is CCC.CCC.CCC.CCC.CCC.CCC.CCC.CCC.CCC.CCC.CCCC. The molecule has 0 aliphatic heterocycles. The Labute approximate surface area is 229 Å². The maximum absolute atomic E-state index is 2.18. The van der Waals surface area contributed by atoms with Crippen molar-refractivity contribution in [3.05, 3.63) is 0 Å². The summed E-state index contributed by atoms with van der Waals surface area (Å²) in [6.45, 7) is 46.9. The van der Waals surface area contributed by atoms with Gasteiger partial charge in [0.1, 0.15) is 0 Å². The molecule has 0 aromatic rings. The zero-order valence-electron chi connectivity index (χ0n) is 30.5. The van der Waals surface area contributed by atoms with Gasteiger partial charge >= 0.3 is 0 Å². The minimum absolute atomic E-state index is 1.25. The van der Waals surface area contributed by atoms with E-state index in [0.29, 0.717) is 0 Å². The Hall–Kier alpha value is 0. The number of rotatable bonds is 1. The van der Waals surface area contributed by atoms with Gasteiger partial charge in [0.25, 0.3) is 0 Å². The zero-order chi connectivity index (χ0) is 30.5. The second kappa shape index (κ2) is 235. The van der Waals surface area contributed by atoms with Crippen LogP contribution < -0.4 is 0 Å². The van der Waals surface area contributed by atoms with Crippen LogP contribution in [-0.4, -0.2) is 0 Å².